The van der Waals surface area contributed by atoms with E-state index in [1.807, 2.05) is 18.2 Å². The van der Waals surface area contributed by atoms with Crippen molar-refractivity contribution in [1.29, 1.82) is 0 Å². The Kier molecular flexibility index (Phi) is 5.29. The van der Waals surface area contributed by atoms with E-state index >= 15 is 0 Å². The summed E-state index contributed by atoms with van der Waals surface area (Å²) in [7, 11) is -4.00. The summed E-state index contributed by atoms with van der Waals surface area (Å²) >= 11 is 3.50. The standard InChI is InChI=1S/C22H19BrF3N3O2S/c23-16-3-1-2-13(8-16)14-9-17-11-20-19(12-27-28-20)21(10-14)29(17)32(30,31)18-6-4-15(5-7-18)22(24,25)26/h1-8,12,14,17,19,21H,9-11H2. The molecule has 4 atom stereocenters. The maximum absolute atomic E-state index is 13.6. The zero-order valence-corrected chi connectivity index (χ0v) is 19.1. The third-order valence-electron chi connectivity index (χ3n) is 6.50. The van der Waals surface area contributed by atoms with Gasteiger partial charge in [0.2, 0.25) is 10.0 Å². The van der Waals surface area contributed by atoms with Crippen molar-refractivity contribution < 1.29 is 21.6 Å². The molecule has 168 valence electrons. The van der Waals surface area contributed by atoms with Crippen molar-refractivity contribution in [3.63, 3.8) is 0 Å². The number of halogens is 4. The van der Waals surface area contributed by atoms with E-state index in [4.69, 9.17) is 0 Å². The van der Waals surface area contributed by atoms with Crippen LogP contribution in [0.4, 0.5) is 13.2 Å². The van der Waals surface area contributed by atoms with Gasteiger partial charge in [-0.05, 0) is 60.7 Å². The Labute approximate surface area is 192 Å². The fourth-order valence-electron chi connectivity index (χ4n) is 5.09. The molecule has 3 aliphatic heterocycles. The largest absolute Gasteiger partial charge is 0.416 e. The van der Waals surface area contributed by atoms with Gasteiger partial charge in [0, 0.05) is 29.2 Å². The summed E-state index contributed by atoms with van der Waals surface area (Å²) in [6, 6.07) is 11.0. The molecule has 0 aromatic heterocycles. The Morgan fingerprint density at radius 3 is 2.50 bits per heavy atom. The van der Waals surface area contributed by atoms with Crippen LogP contribution in [-0.2, 0) is 16.2 Å². The van der Waals surface area contributed by atoms with Gasteiger partial charge in [-0.25, -0.2) is 8.42 Å². The maximum atomic E-state index is 13.6. The molecule has 10 heteroatoms. The smallest absolute Gasteiger partial charge is 0.207 e. The Morgan fingerprint density at radius 1 is 1.06 bits per heavy atom. The number of fused-ring (bicyclic) bond motifs is 4. The van der Waals surface area contributed by atoms with Gasteiger partial charge in [-0.2, -0.15) is 27.7 Å². The molecule has 0 saturated carbocycles. The van der Waals surface area contributed by atoms with E-state index in [1.54, 1.807) is 6.21 Å². The molecular formula is C22H19BrF3N3O2S. The van der Waals surface area contributed by atoms with Crippen molar-refractivity contribution in [2.45, 2.75) is 48.3 Å². The third kappa shape index (κ3) is 3.72. The first-order chi connectivity index (χ1) is 15.1. The molecule has 2 bridgehead atoms. The summed E-state index contributed by atoms with van der Waals surface area (Å²) in [4.78, 5) is -0.128. The van der Waals surface area contributed by atoms with Gasteiger partial charge >= 0.3 is 6.18 Å². The number of benzene rings is 2. The Bertz CT molecular complexity index is 1210. The molecule has 0 aliphatic carbocycles. The monoisotopic (exact) mass is 525 g/mol. The minimum atomic E-state index is -4.52. The van der Waals surface area contributed by atoms with Crippen LogP contribution in [0.2, 0.25) is 0 Å². The fourth-order valence-corrected chi connectivity index (χ4v) is 7.36. The highest BCUT2D eigenvalue weighted by molar-refractivity contribution is 9.10. The van der Waals surface area contributed by atoms with Crippen molar-refractivity contribution in [3.05, 3.63) is 64.1 Å². The predicted octanol–water partition coefficient (Wildman–Crippen LogP) is 5.23. The lowest BCUT2D eigenvalue weighted by molar-refractivity contribution is -0.137. The zero-order valence-electron chi connectivity index (χ0n) is 16.7. The highest BCUT2D eigenvalue weighted by Crippen LogP contribution is 2.46. The highest BCUT2D eigenvalue weighted by atomic mass is 79.9. The number of hydrogen-bond acceptors (Lipinski definition) is 4. The van der Waals surface area contributed by atoms with Gasteiger partial charge in [-0.15, -0.1) is 0 Å². The van der Waals surface area contributed by atoms with Gasteiger partial charge in [-0.1, -0.05) is 28.1 Å². The first kappa shape index (κ1) is 21.8. The number of sulfonamides is 1. The van der Waals surface area contributed by atoms with Gasteiger partial charge in [0.15, 0.2) is 0 Å². The lowest BCUT2D eigenvalue weighted by Crippen LogP contribution is -2.60. The minimum Gasteiger partial charge on any atom is -0.207 e. The van der Waals surface area contributed by atoms with Gasteiger partial charge in [-0.3, -0.25) is 0 Å². The average Bonchev–Trinajstić information content (AvgIpc) is 3.21. The molecular weight excluding hydrogens is 507 g/mol. The molecule has 0 amide bonds. The summed E-state index contributed by atoms with van der Waals surface area (Å²) < 4.78 is 68.5. The second-order valence-electron chi connectivity index (χ2n) is 8.39. The summed E-state index contributed by atoms with van der Waals surface area (Å²) in [6.45, 7) is 0. The molecule has 4 unspecified atom stereocenters. The second-order valence-corrected chi connectivity index (χ2v) is 11.1. The van der Waals surface area contributed by atoms with Gasteiger partial charge in [0.25, 0.3) is 0 Å². The molecule has 5 rings (SSSR count). The Balaban J connectivity index is 1.51. The van der Waals surface area contributed by atoms with Crippen LogP contribution in [0.15, 0.2) is 68.1 Å². The van der Waals surface area contributed by atoms with Crippen LogP contribution < -0.4 is 0 Å². The molecule has 0 N–H and O–H groups in total. The van der Waals surface area contributed by atoms with Crippen LogP contribution in [0.5, 0.6) is 0 Å². The molecule has 3 heterocycles. The van der Waals surface area contributed by atoms with Gasteiger partial charge in [0.1, 0.15) is 0 Å². The van der Waals surface area contributed by atoms with Crippen molar-refractivity contribution in [3.8, 4) is 0 Å². The van der Waals surface area contributed by atoms with Crippen molar-refractivity contribution in [1.82, 2.24) is 4.31 Å². The number of alkyl halides is 3. The van der Waals surface area contributed by atoms with E-state index in [0.717, 1.165) is 40.0 Å². The number of piperidine rings is 2. The topological polar surface area (TPSA) is 62.1 Å². The van der Waals surface area contributed by atoms with Crippen molar-refractivity contribution >= 4 is 37.9 Å². The average molecular weight is 526 g/mol. The summed E-state index contributed by atoms with van der Waals surface area (Å²) in [5.74, 6) is -0.0532. The summed E-state index contributed by atoms with van der Waals surface area (Å²) in [5, 5.41) is 8.25. The van der Waals surface area contributed by atoms with E-state index in [2.05, 4.69) is 32.2 Å². The molecule has 2 fully saturated rings. The highest BCUT2D eigenvalue weighted by Gasteiger charge is 2.52. The van der Waals surface area contributed by atoms with Crippen LogP contribution in [-0.4, -0.2) is 36.7 Å². The summed E-state index contributed by atoms with van der Waals surface area (Å²) in [6.07, 6.45) is -1.17. The Morgan fingerprint density at radius 2 is 1.81 bits per heavy atom. The van der Waals surface area contributed by atoms with Gasteiger partial charge < -0.3 is 0 Å². The lowest BCUT2D eigenvalue weighted by atomic mass is 9.72. The molecule has 32 heavy (non-hydrogen) atoms. The minimum absolute atomic E-state index is 0.128. The lowest BCUT2D eigenvalue weighted by Gasteiger charge is -2.49. The number of rotatable bonds is 3. The number of hydrogen-bond donors (Lipinski definition) is 0. The predicted molar refractivity (Wildman–Crippen MR) is 118 cm³/mol. The third-order valence-corrected chi connectivity index (χ3v) is 8.99. The van der Waals surface area contributed by atoms with Crippen LogP contribution in [0.1, 0.15) is 36.3 Å². The SMILES string of the molecule is O=S(=O)(c1ccc(C(F)(F)F)cc1)N1C2CC3=NN=CC3C1CC(c1cccc(Br)c1)C2. The molecule has 0 radical (unpaired) electrons. The first-order valence-corrected chi connectivity index (χ1v) is 12.4. The van der Waals surface area contributed by atoms with Crippen LogP contribution in [0, 0.1) is 5.92 Å². The van der Waals surface area contributed by atoms with E-state index in [9.17, 15) is 21.6 Å². The molecule has 5 nitrogen and oxygen atoms in total. The maximum Gasteiger partial charge on any atom is 0.416 e. The van der Waals surface area contributed by atoms with E-state index in [0.29, 0.717) is 19.3 Å². The second kappa shape index (κ2) is 7.78. The molecule has 0 spiro atoms. The zero-order chi connectivity index (χ0) is 22.7. The Hall–Kier alpha value is -2.04. The molecule has 2 saturated heterocycles. The molecule has 3 aliphatic rings. The molecule has 2 aromatic carbocycles. The van der Waals surface area contributed by atoms with Crippen molar-refractivity contribution in [2.75, 3.05) is 0 Å². The fraction of sp³-hybridized carbons (Fsp3) is 0.364. The number of nitrogens with zero attached hydrogens (tertiary/aromatic N) is 3. The van der Waals surface area contributed by atoms with E-state index < -0.39 is 21.8 Å². The van der Waals surface area contributed by atoms with Crippen LogP contribution >= 0.6 is 15.9 Å². The van der Waals surface area contributed by atoms with Crippen LogP contribution in [0.3, 0.4) is 0 Å². The van der Waals surface area contributed by atoms with E-state index in [1.165, 1.54) is 4.31 Å². The van der Waals surface area contributed by atoms with Gasteiger partial charge in [0.05, 0.1) is 22.1 Å². The molecule has 2 aromatic rings. The normalized spacial score (nSPS) is 27.8. The summed E-state index contributed by atoms with van der Waals surface area (Å²) in [5.41, 5.74) is 1.14. The quantitative estimate of drug-likeness (QED) is 0.550. The van der Waals surface area contributed by atoms with Crippen molar-refractivity contribution in [2.24, 2.45) is 16.1 Å². The van der Waals surface area contributed by atoms with E-state index in [-0.39, 0.29) is 28.8 Å². The van der Waals surface area contributed by atoms with Crippen LogP contribution in [0.25, 0.3) is 0 Å². The first-order valence-electron chi connectivity index (χ1n) is 10.2.